The van der Waals surface area contributed by atoms with Crippen LogP contribution in [0.3, 0.4) is 0 Å². The Balaban J connectivity index is 4.35. The number of rotatable bonds is 9. The third-order valence-corrected chi connectivity index (χ3v) is 3.57. The van der Waals surface area contributed by atoms with Gasteiger partial charge in [-0.25, -0.2) is 9.59 Å². The highest BCUT2D eigenvalue weighted by Gasteiger charge is 2.25. The third-order valence-electron chi connectivity index (χ3n) is 3.57. The van der Waals surface area contributed by atoms with E-state index in [9.17, 15) is 9.59 Å². The van der Waals surface area contributed by atoms with E-state index in [1.54, 1.807) is 0 Å². The summed E-state index contributed by atoms with van der Waals surface area (Å²) in [5.74, 6) is -1.10. The predicted molar refractivity (Wildman–Crippen MR) is 79.8 cm³/mol. The molecule has 0 fully saturated rings. The highest BCUT2D eigenvalue weighted by atomic mass is 16.4. The van der Waals surface area contributed by atoms with Crippen LogP contribution in [0.5, 0.6) is 0 Å². The lowest BCUT2D eigenvalue weighted by molar-refractivity contribution is -0.140. The second-order valence-electron chi connectivity index (χ2n) is 5.21. The number of carboxylic acid groups (broad SMARTS) is 1. The molecule has 0 aliphatic carbocycles. The molecule has 6 nitrogen and oxygen atoms in total. The van der Waals surface area contributed by atoms with Crippen molar-refractivity contribution in [2.75, 3.05) is 19.6 Å². The van der Waals surface area contributed by atoms with E-state index in [2.05, 4.69) is 29.4 Å². The van der Waals surface area contributed by atoms with Gasteiger partial charge < -0.3 is 20.6 Å². The molecule has 2 amide bonds. The highest BCUT2D eigenvalue weighted by Crippen LogP contribution is 2.07. The molecule has 0 bridgehead atoms. The van der Waals surface area contributed by atoms with Gasteiger partial charge >= 0.3 is 12.0 Å². The van der Waals surface area contributed by atoms with Crippen molar-refractivity contribution in [3.63, 3.8) is 0 Å². The maximum Gasteiger partial charge on any atom is 0.326 e. The highest BCUT2D eigenvalue weighted by molar-refractivity contribution is 5.82. The number of carbonyl (C=O) groups is 2. The number of nitrogens with zero attached hydrogens (tertiary/aromatic N) is 1. The van der Waals surface area contributed by atoms with E-state index in [0.717, 1.165) is 19.6 Å². The van der Waals surface area contributed by atoms with Crippen LogP contribution in [0.2, 0.25) is 0 Å². The van der Waals surface area contributed by atoms with Crippen LogP contribution in [0.15, 0.2) is 0 Å². The minimum absolute atomic E-state index is 0.0266. The summed E-state index contributed by atoms with van der Waals surface area (Å²) >= 11 is 0. The van der Waals surface area contributed by atoms with Crippen LogP contribution in [-0.4, -0.2) is 53.7 Å². The Bertz CT molecular complexity index is 306. The molecular formula is C14H29N3O3. The largest absolute Gasteiger partial charge is 0.480 e. The van der Waals surface area contributed by atoms with Gasteiger partial charge in [-0.05, 0) is 25.9 Å². The number of hydrogen-bond acceptors (Lipinski definition) is 3. The number of nitrogens with one attached hydrogen (secondary N) is 2. The molecular weight excluding hydrogens is 258 g/mol. The van der Waals surface area contributed by atoms with Gasteiger partial charge in [0.25, 0.3) is 0 Å². The lowest BCUT2D eigenvalue weighted by Crippen LogP contribution is -2.52. The molecule has 0 spiro atoms. The number of hydrogen-bond donors (Lipinski definition) is 3. The molecule has 0 saturated heterocycles. The van der Waals surface area contributed by atoms with Crippen LogP contribution in [0.25, 0.3) is 0 Å². The number of carbonyl (C=O) groups excluding carboxylic acids is 1. The Kier molecular flexibility index (Phi) is 8.96. The van der Waals surface area contributed by atoms with E-state index >= 15 is 0 Å². The maximum absolute atomic E-state index is 11.8. The normalized spacial score (nSPS) is 15.5. The summed E-state index contributed by atoms with van der Waals surface area (Å²) in [7, 11) is 0. The summed E-state index contributed by atoms with van der Waals surface area (Å²) in [6.07, 6.45) is 0.701. The standard InChI is InChI=1S/C14H29N3O3/c1-6-10(4)12(13(18)19)16-14(20)15-11(5)9-17(7-2)8-3/h10-12H,6-9H2,1-5H3,(H,18,19)(H2,15,16,20). The summed E-state index contributed by atoms with van der Waals surface area (Å²) in [6, 6.07) is -1.29. The molecule has 0 radical (unpaired) electrons. The van der Waals surface area contributed by atoms with Gasteiger partial charge in [0, 0.05) is 12.6 Å². The number of carboxylic acids is 1. The molecule has 0 aromatic carbocycles. The zero-order chi connectivity index (χ0) is 15.7. The van der Waals surface area contributed by atoms with Gasteiger partial charge in [-0.1, -0.05) is 34.1 Å². The molecule has 0 saturated carbocycles. The topological polar surface area (TPSA) is 81.7 Å². The maximum atomic E-state index is 11.8. The second kappa shape index (κ2) is 9.58. The molecule has 0 aromatic rings. The van der Waals surface area contributed by atoms with Crippen molar-refractivity contribution in [2.45, 2.75) is 53.1 Å². The fraction of sp³-hybridized carbons (Fsp3) is 0.857. The molecule has 3 unspecified atom stereocenters. The summed E-state index contributed by atoms with van der Waals surface area (Å²) in [4.78, 5) is 25.2. The summed E-state index contributed by atoms with van der Waals surface area (Å²) < 4.78 is 0. The lowest BCUT2D eigenvalue weighted by Gasteiger charge is -2.25. The predicted octanol–water partition coefficient (Wildman–Crippen LogP) is 1.52. The molecule has 0 heterocycles. The number of amides is 2. The Hall–Kier alpha value is -1.30. The third kappa shape index (κ3) is 6.75. The van der Waals surface area contributed by atoms with E-state index in [-0.39, 0.29) is 12.0 Å². The van der Waals surface area contributed by atoms with Gasteiger partial charge in [0.05, 0.1) is 0 Å². The molecule has 3 N–H and O–H groups in total. The molecule has 0 aliphatic heterocycles. The van der Waals surface area contributed by atoms with Crippen molar-refractivity contribution in [3.05, 3.63) is 0 Å². The minimum Gasteiger partial charge on any atom is -0.480 e. The molecule has 0 rings (SSSR count). The minimum atomic E-state index is -0.995. The first-order valence-electron chi connectivity index (χ1n) is 7.37. The molecule has 118 valence electrons. The van der Waals surface area contributed by atoms with E-state index in [1.807, 2.05) is 20.8 Å². The van der Waals surface area contributed by atoms with Crippen molar-refractivity contribution in [2.24, 2.45) is 5.92 Å². The Morgan fingerprint density at radius 1 is 1.10 bits per heavy atom. The molecule has 3 atom stereocenters. The van der Waals surface area contributed by atoms with Gasteiger partial charge in [-0.2, -0.15) is 0 Å². The zero-order valence-electron chi connectivity index (χ0n) is 13.3. The first-order valence-corrected chi connectivity index (χ1v) is 7.37. The van der Waals surface area contributed by atoms with Gasteiger partial charge in [0.1, 0.15) is 6.04 Å². The van der Waals surface area contributed by atoms with Gasteiger partial charge in [-0.3, -0.25) is 0 Å². The Morgan fingerprint density at radius 3 is 2.05 bits per heavy atom. The fourth-order valence-electron chi connectivity index (χ4n) is 2.00. The second-order valence-corrected chi connectivity index (χ2v) is 5.21. The number of aliphatic carboxylic acids is 1. The van der Waals surface area contributed by atoms with E-state index < -0.39 is 18.0 Å². The number of urea groups is 1. The van der Waals surface area contributed by atoms with Gasteiger partial charge in [-0.15, -0.1) is 0 Å². The van der Waals surface area contributed by atoms with Crippen LogP contribution < -0.4 is 10.6 Å². The number of likely N-dealkylation sites (N-methyl/N-ethyl adjacent to an activating group) is 1. The van der Waals surface area contributed by atoms with Crippen molar-refractivity contribution in [1.29, 1.82) is 0 Å². The average molecular weight is 287 g/mol. The van der Waals surface area contributed by atoms with Crippen molar-refractivity contribution in [3.8, 4) is 0 Å². The van der Waals surface area contributed by atoms with Crippen LogP contribution >= 0.6 is 0 Å². The molecule has 0 aliphatic rings. The van der Waals surface area contributed by atoms with Crippen LogP contribution in [0.4, 0.5) is 4.79 Å². The van der Waals surface area contributed by atoms with Crippen LogP contribution in [0, 0.1) is 5.92 Å². The quantitative estimate of drug-likeness (QED) is 0.600. The van der Waals surface area contributed by atoms with Crippen molar-refractivity contribution in [1.82, 2.24) is 15.5 Å². The van der Waals surface area contributed by atoms with Crippen molar-refractivity contribution >= 4 is 12.0 Å². The fourth-order valence-corrected chi connectivity index (χ4v) is 2.00. The van der Waals surface area contributed by atoms with Gasteiger partial charge in [0.15, 0.2) is 0 Å². The van der Waals surface area contributed by atoms with E-state index in [4.69, 9.17) is 5.11 Å². The Morgan fingerprint density at radius 2 is 1.65 bits per heavy atom. The van der Waals surface area contributed by atoms with Crippen LogP contribution in [0.1, 0.15) is 41.0 Å². The molecule has 0 aromatic heterocycles. The zero-order valence-corrected chi connectivity index (χ0v) is 13.3. The Labute approximate surface area is 121 Å². The summed E-state index contributed by atoms with van der Waals surface area (Å²) in [5.41, 5.74) is 0. The van der Waals surface area contributed by atoms with E-state index in [0.29, 0.717) is 6.42 Å². The molecule has 6 heteroatoms. The smallest absolute Gasteiger partial charge is 0.326 e. The first kappa shape index (κ1) is 18.7. The lowest BCUT2D eigenvalue weighted by atomic mass is 9.99. The van der Waals surface area contributed by atoms with Crippen LogP contribution in [-0.2, 0) is 4.79 Å². The molecule has 20 heavy (non-hydrogen) atoms. The first-order chi connectivity index (χ1) is 9.35. The summed E-state index contributed by atoms with van der Waals surface area (Å²) in [6.45, 7) is 12.4. The van der Waals surface area contributed by atoms with Gasteiger partial charge in [0.2, 0.25) is 0 Å². The van der Waals surface area contributed by atoms with E-state index in [1.165, 1.54) is 0 Å². The average Bonchev–Trinajstić information content (AvgIpc) is 2.40. The SMILES string of the molecule is CCC(C)C(NC(=O)NC(C)CN(CC)CC)C(=O)O. The monoisotopic (exact) mass is 287 g/mol. The van der Waals surface area contributed by atoms with Crippen molar-refractivity contribution < 1.29 is 14.7 Å². The summed E-state index contributed by atoms with van der Waals surface area (Å²) in [5, 5.41) is 14.5.